The number of anilines is 1. The highest BCUT2D eigenvalue weighted by Crippen LogP contribution is 2.32. The van der Waals surface area contributed by atoms with Crippen LogP contribution in [0.4, 0.5) is 18.9 Å². The zero-order valence-electron chi connectivity index (χ0n) is 10.8. The smallest absolute Gasteiger partial charge is 0.380 e. The molecule has 0 spiro atoms. The van der Waals surface area contributed by atoms with Gasteiger partial charge in [0.1, 0.15) is 0 Å². The average Bonchev–Trinajstić information content (AvgIpc) is 2.38. The van der Waals surface area contributed by atoms with Crippen molar-refractivity contribution in [1.29, 1.82) is 0 Å². The summed E-state index contributed by atoms with van der Waals surface area (Å²) in [5.74, 6) is -0.873. The maximum Gasteiger partial charge on any atom is 0.416 e. The molecule has 1 atom stereocenters. The molecule has 0 bridgehead atoms. The lowest BCUT2D eigenvalue weighted by molar-refractivity contribution is -0.137. The summed E-state index contributed by atoms with van der Waals surface area (Å²) in [6.45, 7) is 1.63. The fourth-order valence-corrected chi connectivity index (χ4v) is 2.25. The van der Waals surface area contributed by atoms with E-state index in [-0.39, 0.29) is 11.6 Å². The van der Waals surface area contributed by atoms with Crippen molar-refractivity contribution in [2.24, 2.45) is 5.73 Å². The number of piperidine rings is 1. The van der Waals surface area contributed by atoms with Crippen molar-refractivity contribution >= 4 is 11.6 Å². The Kier molecular flexibility index (Phi) is 4.17. The van der Waals surface area contributed by atoms with Crippen LogP contribution in [0.15, 0.2) is 18.2 Å². The lowest BCUT2D eigenvalue weighted by atomic mass is 10.0. The summed E-state index contributed by atoms with van der Waals surface area (Å²) in [4.78, 5) is 11.3. The zero-order chi connectivity index (χ0) is 14.8. The molecule has 0 radical (unpaired) electrons. The van der Waals surface area contributed by atoms with Gasteiger partial charge >= 0.3 is 6.18 Å². The van der Waals surface area contributed by atoms with Crippen molar-refractivity contribution in [1.82, 2.24) is 5.32 Å². The van der Waals surface area contributed by atoms with Crippen molar-refractivity contribution in [3.8, 4) is 0 Å². The van der Waals surface area contributed by atoms with Gasteiger partial charge < -0.3 is 16.4 Å². The molecule has 4 nitrogen and oxygen atoms in total. The van der Waals surface area contributed by atoms with Gasteiger partial charge in [0.15, 0.2) is 0 Å². The molecular weight excluding hydrogens is 271 g/mol. The van der Waals surface area contributed by atoms with Crippen LogP contribution in [-0.4, -0.2) is 25.0 Å². The van der Waals surface area contributed by atoms with E-state index in [9.17, 15) is 18.0 Å². The Bertz CT molecular complexity index is 496. The summed E-state index contributed by atoms with van der Waals surface area (Å²) in [5, 5.41) is 6.26. The summed E-state index contributed by atoms with van der Waals surface area (Å²) in [7, 11) is 0. The first kappa shape index (κ1) is 14.6. The van der Waals surface area contributed by atoms with Gasteiger partial charge in [0.2, 0.25) is 0 Å². The lowest BCUT2D eigenvalue weighted by Crippen LogP contribution is -2.38. The van der Waals surface area contributed by atoms with Gasteiger partial charge in [-0.3, -0.25) is 4.79 Å². The van der Waals surface area contributed by atoms with Gasteiger partial charge in [0.25, 0.3) is 5.91 Å². The molecule has 0 aromatic heterocycles. The highest BCUT2D eigenvalue weighted by molar-refractivity contribution is 5.98. The maximum absolute atomic E-state index is 12.6. The highest BCUT2D eigenvalue weighted by Gasteiger charge is 2.31. The van der Waals surface area contributed by atoms with E-state index < -0.39 is 17.6 Å². The lowest BCUT2D eigenvalue weighted by Gasteiger charge is -2.25. The van der Waals surface area contributed by atoms with Gasteiger partial charge in [-0.25, -0.2) is 0 Å². The van der Waals surface area contributed by atoms with Crippen molar-refractivity contribution in [2.75, 3.05) is 18.4 Å². The minimum Gasteiger partial charge on any atom is -0.380 e. The second kappa shape index (κ2) is 5.70. The molecule has 0 saturated carbocycles. The van der Waals surface area contributed by atoms with Crippen LogP contribution in [0.2, 0.25) is 0 Å². The van der Waals surface area contributed by atoms with Gasteiger partial charge in [-0.05, 0) is 37.6 Å². The van der Waals surface area contributed by atoms with Crippen LogP contribution in [0.3, 0.4) is 0 Å². The van der Waals surface area contributed by atoms with Crippen molar-refractivity contribution in [3.05, 3.63) is 29.3 Å². The molecular formula is C13H16F3N3O. The highest BCUT2D eigenvalue weighted by atomic mass is 19.4. The van der Waals surface area contributed by atoms with E-state index in [0.717, 1.165) is 31.5 Å². The number of alkyl halides is 3. The Morgan fingerprint density at radius 2 is 2.15 bits per heavy atom. The SMILES string of the molecule is NC(=O)c1cc(C(F)(F)F)ccc1NC1CCCNC1. The number of amides is 1. The van der Waals surface area contributed by atoms with Gasteiger partial charge in [0.05, 0.1) is 11.1 Å². The molecule has 4 N–H and O–H groups in total. The standard InChI is InChI=1S/C13H16F3N3O/c14-13(15,16)8-3-4-11(10(6-8)12(17)20)19-9-2-1-5-18-7-9/h3-4,6,9,18-19H,1-2,5,7H2,(H2,17,20). The summed E-state index contributed by atoms with van der Waals surface area (Å²) < 4.78 is 37.9. The maximum atomic E-state index is 12.6. The van der Waals surface area contributed by atoms with E-state index in [4.69, 9.17) is 5.73 Å². The van der Waals surface area contributed by atoms with Crippen LogP contribution in [0.5, 0.6) is 0 Å². The number of nitrogens with two attached hydrogens (primary N) is 1. The Balaban J connectivity index is 2.25. The Hall–Kier alpha value is -1.76. The second-order valence-corrected chi connectivity index (χ2v) is 4.81. The molecule has 1 heterocycles. The van der Waals surface area contributed by atoms with Crippen molar-refractivity contribution in [3.63, 3.8) is 0 Å². The minimum atomic E-state index is -4.49. The third-order valence-electron chi connectivity index (χ3n) is 3.27. The second-order valence-electron chi connectivity index (χ2n) is 4.81. The molecule has 1 fully saturated rings. The average molecular weight is 287 g/mol. The summed E-state index contributed by atoms with van der Waals surface area (Å²) in [6.07, 6.45) is -2.62. The molecule has 1 aliphatic heterocycles. The van der Waals surface area contributed by atoms with Gasteiger partial charge in [-0.1, -0.05) is 0 Å². The predicted molar refractivity (Wildman–Crippen MR) is 69.5 cm³/mol. The van der Waals surface area contributed by atoms with Crippen LogP contribution in [0, 0.1) is 0 Å². The van der Waals surface area contributed by atoms with E-state index in [1.807, 2.05) is 0 Å². The topological polar surface area (TPSA) is 67.2 Å². The predicted octanol–water partition coefficient (Wildman–Crippen LogP) is 1.97. The van der Waals surface area contributed by atoms with E-state index >= 15 is 0 Å². The largest absolute Gasteiger partial charge is 0.416 e. The normalized spacial score (nSPS) is 19.6. The van der Waals surface area contributed by atoms with Gasteiger partial charge in [-0.15, -0.1) is 0 Å². The molecule has 20 heavy (non-hydrogen) atoms. The molecule has 110 valence electrons. The third-order valence-corrected chi connectivity index (χ3v) is 3.27. The van der Waals surface area contributed by atoms with Crippen LogP contribution < -0.4 is 16.4 Å². The van der Waals surface area contributed by atoms with Crippen LogP contribution in [0.1, 0.15) is 28.8 Å². The number of nitrogens with one attached hydrogen (secondary N) is 2. The Labute approximate surface area is 114 Å². The van der Waals surface area contributed by atoms with E-state index in [1.165, 1.54) is 6.07 Å². The monoisotopic (exact) mass is 287 g/mol. The minimum absolute atomic E-state index is 0.0820. The number of hydrogen-bond donors (Lipinski definition) is 3. The number of halogens is 3. The molecule has 1 aliphatic rings. The first-order valence-corrected chi connectivity index (χ1v) is 6.36. The van der Waals surface area contributed by atoms with E-state index in [2.05, 4.69) is 10.6 Å². The van der Waals surface area contributed by atoms with Crippen LogP contribution >= 0.6 is 0 Å². The number of primary amides is 1. The van der Waals surface area contributed by atoms with E-state index in [1.54, 1.807) is 0 Å². The van der Waals surface area contributed by atoms with Crippen molar-refractivity contribution in [2.45, 2.75) is 25.1 Å². The van der Waals surface area contributed by atoms with E-state index in [0.29, 0.717) is 12.2 Å². The zero-order valence-corrected chi connectivity index (χ0v) is 10.8. The molecule has 7 heteroatoms. The Morgan fingerprint density at radius 1 is 1.40 bits per heavy atom. The van der Waals surface area contributed by atoms with Gasteiger partial charge in [-0.2, -0.15) is 13.2 Å². The summed E-state index contributed by atoms with van der Waals surface area (Å²) in [5.41, 5.74) is 4.51. The molecule has 1 amide bonds. The first-order valence-electron chi connectivity index (χ1n) is 6.36. The number of hydrogen-bond acceptors (Lipinski definition) is 3. The Morgan fingerprint density at radius 3 is 2.70 bits per heavy atom. The third kappa shape index (κ3) is 3.41. The fourth-order valence-electron chi connectivity index (χ4n) is 2.25. The first-order chi connectivity index (χ1) is 9.38. The van der Waals surface area contributed by atoms with Gasteiger partial charge in [0, 0.05) is 18.3 Å². The van der Waals surface area contributed by atoms with Crippen LogP contribution in [-0.2, 0) is 6.18 Å². The molecule has 1 unspecified atom stereocenters. The number of rotatable bonds is 3. The molecule has 0 aliphatic carbocycles. The molecule has 2 rings (SSSR count). The number of carbonyl (C=O) groups excluding carboxylic acids is 1. The number of carbonyl (C=O) groups is 1. The van der Waals surface area contributed by atoms with Crippen molar-refractivity contribution < 1.29 is 18.0 Å². The number of benzene rings is 1. The summed E-state index contributed by atoms with van der Waals surface area (Å²) in [6, 6.07) is 3.09. The fraction of sp³-hybridized carbons (Fsp3) is 0.462. The quantitative estimate of drug-likeness (QED) is 0.796. The molecule has 1 aromatic rings. The molecule has 1 aromatic carbocycles. The van der Waals surface area contributed by atoms with Crippen LogP contribution in [0.25, 0.3) is 0 Å². The molecule has 1 saturated heterocycles. The summed E-state index contributed by atoms with van der Waals surface area (Å²) >= 11 is 0.